The largest absolute Gasteiger partial charge is 0.508 e. The van der Waals surface area contributed by atoms with Gasteiger partial charge in [0.1, 0.15) is 18.8 Å². The van der Waals surface area contributed by atoms with Gasteiger partial charge < -0.3 is 25.3 Å². The molecular weight excluding hydrogens is 602 g/mol. The van der Waals surface area contributed by atoms with Crippen LogP contribution < -0.4 is 10.2 Å². The van der Waals surface area contributed by atoms with E-state index in [0.717, 1.165) is 27.8 Å². The summed E-state index contributed by atoms with van der Waals surface area (Å²) in [7, 11) is 0. The van der Waals surface area contributed by atoms with E-state index < -0.39 is 18.4 Å². The molecule has 0 radical (unpaired) electrons. The highest BCUT2D eigenvalue weighted by molar-refractivity contribution is 6.00. The lowest BCUT2D eigenvalue weighted by Crippen LogP contribution is -2.48. The number of hydrogen-bond acceptors (Lipinski definition) is 5. The molecule has 0 bridgehead atoms. The Balaban J connectivity index is 1.37. The minimum absolute atomic E-state index is 0.0264. The number of carboxylic acids is 1. The number of anilines is 1. The van der Waals surface area contributed by atoms with Crippen molar-refractivity contribution in [1.82, 2.24) is 10.2 Å². The molecule has 8 nitrogen and oxygen atoms in total. The van der Waals surface area contributed by atoms with Crippen LogP contribution in [-0.2, 0) is 20.8 Å². The molecule has 0 spiro atoms. The van der Waals surface area contributed by atoms with Gasteiger partial charge in [-0.25, -0.2) is 0 Å². The lowest BCUT2D eigenvalue weighted by atomic mass is 9.90. The lowest BCUT2D eigenvalue weighted by molar-refractivity contribution is -0.144. The first-order valence-electron chi connectivity index (χ1n) is 15.9. The molecule has 0 unspecified atom stereocenters. The number of nitrogens with one attached hydrogen (secondary N) is 1. The number of phenolic OH excluding ortho intramolecular Hbond substituents is 1. The molecular formula is C40H39N3O5. The van der Waals surface area contributed by atoms with Crippen molar-refractivity contribution >= 4 is 23.5 Å². The third kappa shape index (κ3) is 9.40. The van der Waals surface area contributed by atoms with Gasteiger partial charge in [-0.15, -0.1) is 0 Å². The van der Waals surface area contributed by atoms with Gasteiger partial charge in [-0.1, -0.05) is 115 Å². The van der Waals surface area contributed by atoms with E-state index in [1.165, 1.54) is 9.80 Å². The molecule has 0 atom stereocenters. The molecule has 5 aromatic rings. The van der Waals surface area contributed by atoms with Crippen LogP contribution in [0.4, 0.5) is 5.69 Å². The van der Waals surface area contributed by atoms with Gasteiger partial charge in [0, 0.05) is 18.2 Å². The molecule has 3 N–H and O–H groups in total. The van der Waals surface area contributed by atoms with E-state index in [1.54, 1.807) is 12.1 Å². The second kappa shape index (κ2) is 16.7. The van der Waals surface area contributed by atoms with Crippen molar-refractivity contribution < 1.29 is 24.6 Å². The summed E-state index contributed by atoms with van der Waals surface area (Å²) in [5, 5.41) is 22.6. The van der Waals surface area contributed by atoms with Crippen LogP contribution >= 0.6 is 0 Å². The third-order valence-corrected chi connectivity index (χ3v) is 8.17. The van der Waals surface area contributed by atoms with Gasteiger partial charge in [0.05, 0.1) is 6.54 Å². The minimum atomic E-state index is -1.13. The predicted molar refractivity (Wildman–Crippen MR) is 188 cm³/mol. The Hall–Kier alpha value is -5.73. The average molecular weight is 642 g/mol. The summed E-state index contributed by atoms with van der Waals surface area (Å²) in [5.74, 6) is -2.01. The molecule has 0 fully saturated rings. The van der Waals surface area contributed by atoms with Crippen LogP contribution in [0.3, 0.4) is 0 Å². The quantitative estimate of drug-likeness (QED) is 0.122. The third-order valence-electron chi connectivity index (χ3n) is 8.17. The molecule has 244 valence electrons. The Labute approximate surface area is 280 Å². The number of carboxylic acid groups (broad SMARTS) is 1. The summed E-state index contributed by atoms with van der Waals surface area (Å²) in [4.78, 5) is 42.5. The maximum Gasteiger partial charge on any atom is 0.323 e. The highest BCUT2D eigenvalue weighted by Gasteiger charge is 2.27. The van der Waals surface area contributed by atoms with Gasteiger partial charge in [0.25, 0.3) is 0 Å². The van der Waals surface area contributed by atoms with E-state index in [0.29, 0.717) is 18.7 Å². The van der Waals surface area contributed by atoms with Crippen molar-refractivity contribution in [1.29, 1.82) is 0 Å². The molecule has 0 saturated carbocycles. The predicted octanol–water partition coefficient (Wildman–Crippen LogP) is 5.97. The van der Waals surface area contributed by atoms with E-state index in [4.69, 9.17) is 0 Å². The number of aliphatic carboxylic acids is 1. The Bertz CT molecular complexity index is 1720. The molecule has 0 saturated heterocycles. The fourth-order valence-electron chi connectivity index (χ4n) is 5.62. The fourth-order valence-corrected chi connectivity index (χ4v) is 5.62. The van der Waals surface area contributed by atoms with Crippen molar-refractivity contribution in [3.63, 3.8) is 0 Å². The number of rotatable bonds is 15. The van der Waals surface area contributed by atoms with E-state index in [-0.39, 0.29) is 37.2 Å². The standard InChI is InChI=1S/C40H39N3O5/c44-36-22-16-30(17-23-36)24-25-41-26-38(45)43(35-20-18-32(19-21-35)31-10-4-1-5-11-31)28-39(46)42(29-40(47)48)27-37(33-12-6-2-7-13-33)34-14-8-3-9-15-34/h1-23,37,41,44H,24-29H2,(H,47,48). The topological polar surface area (TPSA) is 110 Å². The maximum absolute atomic E-state index is 14.0. The lowest BCUT2D eigenvalue weighted by Gasteiger charge is -2.30. The normalized spacial score (nSPS) is 10.9. The average Bonchev–Trinajstić information content (AvgIpc) is 3.12. The molecule has 0 heterocycles. The van der Waals surface area contributed by atoms with Gasteiger partial charge >= 0.3 is 5.97 Å². The molecule has 0 aromatic heterocycles. The van der Waals surface area contributed by atoms with E-state index in [9.17, 15) is 24.6 Å². The Morgan fingerprint density at radius 1 is 0.625 bits per heavy atom. The van der Waals surface area contributed by atoms with E-state index in [1.807, 2.05) is 127 Å². The van der Waals surface area contributed by atoms with Crippen molar-refractivity contribution in [3.8, 4) is 16.9 Å². The molecule has 2 amide bonds. The smallest absolute Gasteiger partial charge is 0.323 e. The van der Waals surface area contributed by atoms with Crippen LogP contribution in [0.15, 0.2) is 140 Å². The molecule has 48 heavy (non-hydrogen) atoms. The highest BCUT2D eigenvalue weighted by atomic mass is 16.4. The van der Waals surface area contributed by atoms with Crippen molar-refractivity contribution in [3.05, 3.63) is 156 Å². The van der Waals surface area contributed by atoms with Gasteiger partial charge in [-0.3, -0.25) is 14.4 Å². The molecule has 0 aliphatic heterocycles. The first-order chi connectivity index (χ1) is 23.4. The van der Waals surface area contributed by atoms with Crippen LogP contribution in [0.1, 0.15) is 22.6 Å². The van der Waals surface area contributed by atoms with Crippen molar-refractivity contribution in [2.75, 3.05) is 37.6 Å². The second-order valence-corrected chi connectivity index (χ2v) is 11.5. The Kier molecular flexibility index (Phi) is 11.7. The number of carbonyl (C=O) groups excluding carboxylic acids is 2. The highest BCUT2D eigenvalue weighted by Crippen LogP contribution is 2.27. The first-order valence-corrected chi connectivity index (χ1v) is 15.9. The van der Waals surface area contributed by atoms with Crippen molar-refractivity contribution in [2.45, 2.75) is 12.3 Å². The number of nitrogens with zero attached hydrogens (tertiary/aromatic N) is 2. The van der Waals surface area contributed by atoms with Gasteiger partial charge in [-0.05, 0) is 65.0 Å². The zero-order chi connectivity index (χ0) is 33.7. The summed E-state index contributed by atoms with van der Waals surface area (Å²) >= 11 is 0. The van der Waals surface area contributed by atoms with Crippen molar-refractivity contribution in [2.24, 2.45) is 0 Å². The van der Waals surface area contributed by atoms with Crippen LogP contribution in [0.25, 0.3) is 11.1 Å². The van der Waals surface area contributed by atoms with Crippen LogP contribution in [0, 0.1) is 0 Å². The van der Waals surface area contributed by atoms with Gasteiger partial charge in [-0.2, -0.15) is 0 Å². The Morgan fingerprint density at radius 3 is 1.73 bits per heavy atom. The number of benzene rings is 5. The Morgan fingerprint density at radius 2 is 1.17 bits per heavy atom. The summed E-state index contributed by atoms with van der Waals surface area (Å²) < 4.78 is 0. The number of amides is 2. The van der Waals surface area contributed by atoms with Gasteiger partial charge in [0.2, 0.25) is 11.8 Å². The molecule has 0 aliphatic carbocycles. The van der Waals surface area contributed by atoms with Crippen LogP contribution in [-0.4, -0.2) is 65.6 Å². The summed E-state index contributed by atoms with van der Waals surface area (Å²) in [6, 6.07) is 43.6. The van der Waals surface area contributed by atoms with Crippen LogP contribution in [0.5, 0.6) is 5.75 Å². The first kappa shape index (κ1) is 33.6. The summed E-state index contributed by atoms with van der Waals surface area (Å²) in [6.07, 6.45) is 0.644. The van der Waals surface area contributed by atoms with E-state index in [2.05, 4.69) is 5.32 Å². The number of aromatic hydroxyl groups is 1. The molecule has 5 aromatic carbocycles. The fraction of sp³-hybridized carbons (Fsp3) is 0.175. The van der Waals surface area contributed by atoms with Crippen LogP contribution in [0.2, 0.25) is 0 Å². The molecule has 5 rings (SSSR count). The zero-order valence-electron chi connectivity index (χ0n) is 26.6. The minimum Gasteiger partial charge on any atom is -0.508 e. The van der Waals surface area contributed by atoms with Gasteiger partial charge in [0.15, 0.2) is 0 Å². The van der Waals surface area contributed by atoms with E-state index >= 15 is 0 Å². The number of phenols is 1. The molecule has 8 heteroatoms. The molecule has 0 aliphatic rings. The number of carbonyl (C=O) groups is 3. The zero-order valence-corrected chi connectivity index (χ0v) is 26.6. The second-order valence-electron chi connectivity index (χ2n) is 11.5. The monoisotopic (exact) mass is 641 g/mol. The summed E-state index contributed by atoms with van der Waals surface area (Å²) in [5.41, 5.74) is 5.43. The SMILES string of the molecule is O=C(O)CN(CC(c1ccccc1)c1ccccc1)C(=O)CN(C(=O)CNCCc1ccc(O)cc1)c1ccc(-c2ccccc2)cc1. The maximum atomic E-state index is 14.0. The summed E-state index contributed by atoms with van der Waals surface area (Å²) in [6.45, 7) is -0.228. The number of hydrogen-bond donors (Lipinski definition) is 3.